The van der Waals surface area contributed by atoms with E-state index in [9.17, 15) is 8.78 Å². The van der Waals surface area contributed by atoms with Crippen LogP contribution in [0.25, 0.3) is 0 Å². The van der Waals surface area contributed by atoms with E-state index < -0.39 is 11.6 Å². The maximum Gasteiger partial charge on any atom is 0.168 e. The van der Waals surface area contributed by atoms with Gasteiger partial charge in [0, 0.05) is 0 Å². The van der Waals surface area contributed by atoms with E-state index >= 15 is 0 Å². The zero-order chi connectivity index (χ0) is 12.4. The molecule has 0 heterocycles. The van der Waals surface area contributed by atoms with Crippen LogP contribution in [0, 0.1) is 25.5 Å². The van der Waals surface area contributed by atoms with Crippen molar-refractivity contribution >= 4 is 0 Å². The molecule has 0 aromatic heterocycles. The minimum atomic E-state index is -0.464. The summed E-state index contributed by atoms with van der Waals surface area (Å²) in [6, 6.07) is 9.56. The van der Waals surface area contributed by atoms with Crippen LogP contribution in [0.1, 0.15) is 11.1 Å². The minimum absolute atomic E-state index is 0.0366. The van der Waals surface area contributed by atoms with E-state index in [0.717, 1.165) is 0 Å². The molecular weight excluding hydrogens is 222 g/mol. The fraction of sp³-hybridized carbons (Fsp3) is 0.143. The van der Waals surface area contributed by atoms with Crippen LogP contribution in [-0.2, 0) is 0 Å². The van der Waals surface area contributed by atoms with Crippen molar-refractivity contribution < 1.29 is 13.5 Å². The third-order valence-electron chi connectivity index (χ3n) is 2.53. The summed E-state index contributed by atoms with van der Waals surface area (Å²) in [7, 11) is 0. The third-order valence-corrected chi connectivity index (χ3v) is 2.53. The van der Waals surface area contributed by atoms with Crippen molar-refractivity contribution in [1.82, 2.24) is 0 Å². The van der Waals surface area contributed by atoms with Gasteiger partial charge in [0.15, 0.2) is 23.1 Å². The number of hydrogen-bond acceptors (Lipinski definition) is 1. The number of rotatable bonds is 2. The van der Waals surface area contributed by atoms with Gasteiger partial charge < -0.3 is 4.74 Å². The lowest BCUT2D eigenvalue weighted by Crippen LogP contribution is -1.94. The lowest BCUT2D eigenvalue weighted by Gasteiger charge is -2.09. The van der Waals surface area contributed by atoms with E-state index in [4.69, 9.17) is 4.74 Å². The molecule has 2 aromatic carbocycles. The van der Waals surface area contributed by atoms with Crippen molar-refractivity contribution in [2.45, 2.75) is 13.8 Å². The quantitative estimate of drug-likeness (QED) is 0.749. The van der Waals surface area contributed by atoms with Crippen LogP contribution in [-0.4, -0.2) is 0 Å². The van der Waals surface area contributed by atoms with Crippen LogP contribution < -0.4 is 4.74 Å². The highest BCUT2D eigenvalue weighted by molar-refractivity contribution is 5.37. The first-order chi connectivity index (χ1) is 8.09. The van der Waals surface area contributed by atoms with Gasteiger partial charge in [-0.1, -0.05) is 24.3 Å². The van der Waals surface area contributed by atoms with Gasteiger partial charge in [0.05, 0.1) is 0 Å². The molecule has 0 atom stereocenters. The van der Waals surface area contributed by atoms with Crippen LogP contribution in [0.15, 0.2) is 36.4 Å². The van der Waals surface area contributed by atoms with Gasteiger partial charge in [-0.25, -0.2) is 8.78 Å². The smallest absolute Gasteiger partial charge is 0.168 e. The molecule has 0 N–H and O–H groups in total. The highest BCUT2D eigenvalue weighted by Crippen LogP contribution is 2.28. The van der Waals surface area contributed by atoms with Crippen LogP contribution >= 0.6 is 0 Å². The molecular formula is C14H12F2O. The summed E-state index contributed by atoms with van der Waals surface area (Å²) in [6.45, 7) is 3.27. The Morgan fingerprint density at radius 1 is 0.765 bits per heavy atom. The molecule has 0 saturated carbocycles. The SMILES string of the molecule is Cc1cccc(Oc2cccc(C)c2F)c1F. The lowest BCUT2D eigenvalue weighted by atomic mass is 10.2. The minimum Gasteiger partial charge on any atom is -0.451 e. The summed E-state index contributed by atoms with van der Waals surface area (Å²) in [5.74, 6) is -0.856. The van der Waals surface area contributed by atoms with Crippen LogP contribution in [0.5, 0.6) is 11.5 Å². The van der Waals surface area contributed by atoms with Crippen molar-refractivity contribution in [3.05, 3.63) is 59.2 Å². The standard InChI is InChI=1S/C14H12F2O/c1-9-5-3-7-11(13(9)15)17-12-8-4-6-10(2)14(12)16/h3-8H,1-2H3. The zero-order valence-corrected chi connectivity index (χ0v) is 9.63. The molecule has 0 spiro atoms. The van der Waals surface area contributed by atoms with E-state index in [1.54, 1.807) is 38.1 Å². The second kappa shape index (κ2) is 4.53. The first-order valence-corrected chi connectivity index (χ1v) is 5.27. The molecule has 0 radical (unpaired) electrons. The number of halogens is 2. The predicted octanol–water partition coefficient (Wildman–Crippen LogP) is 4.37. The van der Waals surface area contributed by atoms with E-state index in [1.807, 2.05) is 0 Å². The summed E-state index contributed by atoms with van der Waals surface area (Å²) < 4.78 is 32.6. The predicted molar refractivity (Wildman–Crippen MR) is 62.3 cm³/mol. The molecule has 2 rings (SSSR count). The summed E-state index contributed by atoms with van der Waals surface area (Å²) in [4.78, 5) is 0. The number of benzene rings is 2. The van der Waals surface area contributed by atoms with Gasteiger partial charge in [-0.15, -0.1) is 0 Å². The average molecular weight is 234 g/mol. The molecule has 0 aliphatic heterocycles. The number of ether oxygens (including phenoxy) is 1. The number of aryl methyl sites for hydroxylation is 2. The van der Waals surface area contributed by atoms with Crippen molar-refractivity contribution in [3.63, 3.8) is 0 Å². The monoisotopic (exact) mass is 234 g/mol. The maximum absolute atomic E-state index is 13.7. The lowest BCUT2D eigenvalue weighted by molar-refractivity contribution is 0.411. The summed E-state index contributed by atoms with van der Waals surface area (Å²) in [5.41, 5.74) is 0.936. The Hall–Kier alpha value is -1.90. The maximum atomic E-state index is 13.7. The van der Waals surface area contributed by atoms with Gasteiger partial charge in [0.25, 0.3) is 0 Å². The summed E-state index contributed by atoms with van der Waals surface area (Å²) in [5, 5.41) is 0. The molecule has 3 heteroatoms. The second-order valence-electron chi connectivity index (χ2n) is 3.88. The number of hydrogen-bond donors (Lipinski definition) is 0. The Morgan fingerprint density at radius 2 is 1.18 bits per heavy atom. The van der Waals surface area contributed by atoms with Crippen molar-refractivity contribution in [2.24, 2.45) is 0 Å². The van der Waals surface area contributed by atoms with Gasteiger partial charge in [-0.05, 0) is 37.1 Å². The molecule has 88 valence electrons. The van der Waals surface area contributed by atoms with Gasteiger partial charge >= 0.3 is 0 Å². The van der Waals surface area contributed by atoms with Crippen LogP contribution in [0.3, 0.4) is 0 Å². The van der Waals surface area contributed by atoms with Gasteiger partial charge in [0.1, 0.15) is 0 Å². The molecule has 0 fully saturated rings. The molecule has 0 saturated heterocycles. The van der Waals surface area contributed by atoms with Crippen LogP contribution in [0.4, 0.5) is 8.78 Å². The van der Waals surface area contributed by atoms with Crippen LogP contribution in [0.2, 0.25) is 0 Å². The molecule has 17 heavy (non-hydrogen) atoms. The topological polar surface area (TPSA) is 9.23 Å². The first kappa shape index (κ1) is 11.6. The Kier molecular flexibility index (Phi) is 3.09. The fourth-order valence-corrected chi connectivity index (χ4v) is 1.52. The second-order valence-corrected chi connectivity index (χ2v) is 3.88. The fourth-order valence-electron chi connectivity index (χ4n) is 1.52. The molecule has 1 nitrogen and oxygen atoms in total. The molecule has 0 amide bonds. The van der Waals surface area contributed by atoms with E-state index in [-0.39, 0.29) is 11.5 Å². The Labute approximate surface area is 98.7 Å². The third kappa shape index (κ3) is 2.28. The van der Waals surface area contributed by atoms with E-state index in [1.165, 1.54) is 12.1 Å². The molecule has 0 aliphatic rings. The van der Waals surface area contributed by atoms with Gasteiger partial charge in [-0.3, -0.25) is 0 Å². The summed E-state index contributed by atoms with van der Waals surface area (Å²) >= 11 is 0. The molecule has 2 aromatic rings. The highest BCUT2D eigenvalue weighted by atomic mass is 19.1. The largest absolute Gasteiger partial charge is 0.451 e. The normalized spacial score (nSPS) is 10.4. The Morgan fingerprint density at radius 3 is 1.59 bits per heavy atom. The van der Waals surface area contributed by atoms with Gasteiger partial charge in [-0.2, -0.15) is 0 Å². The van der Waals surface area contributed by atoms with E-state index in [0.29, 0.717) is 11.1 Å². The first-order valence-electron chi connectivity index (χ1n) is 5.27. The Bertz CT molecular complexity index is 500. The molecule has 0 unspecified atom stereocenters. The molecule has 0 aliphatic carbocycles. The average Bonchev–Trinajstić information content (AvgIpc) is 2.31. The van der Waals surface area contributed by atoms with Crippen molar-refractivity contribution in [2.75, 3.05) is 0 Å². The van der Waals surface area contributed by atoms with Crippen molar-refractivity contribution in [3.8, 4) is 11.5 Å². The highest BCUT2D eigenvalue weighted by Gasteiger charge is 2.11. The Balaban J connectivity index is 2.38. The van der Waals surface area contributed by atoms with E-state index in [2.05, 4.69) is 0 Å². The van der Waals surface area contributed by atoms with Crippen molar-refractivity contribution in [1.29, 1.82) is 0 Å². The zero-order valence-electron chi connectivity index (χ0n) is 9.63. The summed E-state index contributed by atoms with van der Waals surface area (Å²) in [6.07, 6.45) is 0. The van der Waals surface area contributed by atoms with Gasteiger partial charge in [0.2, 0.25) is 0 Å². The molecule has 0 bridgehead atoms.